The van der Waals surface area contributed by atoms with Crippen molar-refractivity contribution < 1.29 is 28.2 Å². The molecule has 0 radical (unpaired) electrons. The van der Waals surface area contributed by atoms with Crippen LogP contribution < -0.4 is 14.8 Å². The topological polar surface area (TPSA) is 91.4 Å². The Balaban J connectivity index is 1.47. The number of fused-ring (bicyclic) bond motifs is 1. The van der Waals surface area contributed by atoms with E-state index in [-0.39, 0.29) is 31.4 Å². The molecule has 0 aliphatic carbocycles. The fourth-order valence-corrected chi connectivity index (χ4v) is 3.52. The first-order chi connectivity index (χ1) is 15.3. The Labute approximate surface area is 184 Å². The second kappa shape index (κ2) is 8.74. The average molecular weight is 442 g/mol. The Kier molecular flexibility index (Phi) is 5.85. The molecule has 2 aromatic carbocycles. The molecule has 32 heavy (non-hydrogen) atoms. The second-order valence-electron chi connectivity index (χ2n) is 7.80. The number of rotatable bonds is 5. The lowest BCUT2D eigenvalue weighted by Crippen LogP contribution is -2.36. The summed E-state index contributed by atoms with van der Waals surface area (Å²) < 4.78 is 25.7. The summed E-state index contributed by atoms with van der Waals surface area (Å²) in [5.74, 6) is 0.106. The fourth-order valence-electron chi connectivity index (χ4n) is 3.52. The fraction of sp³-hybridized carbons (Fsp3) is 0.318. The summed E-state index contributed by atoms with van der Waals surface area (Å²) in [5, 5.41) is 2.69. The SMILES string of the molecule is CN(C)C(=O)Oc1ccc2c(c1)OC(=O)N(Cc1cccc(CN3CCNC3=O)c1F)C2. The molecule has 0 atom stereocenters. The Morgan fingerprint density at radius 3 is 2.53 bits per heavy atom. The van der Waals surface area contributed by atoms with Crippen LogP contribution in [0, 0.1) is 5.82 Å². The van der Waals surface area contributed by atoms with E-state index < -0.39 is 18.0 Å². The van der Waals surface area contributed by atoms with E-state index in [1.807, 2.05) is 0 Å². The minimum absolute atomic E-state index is 0.0154. The van der Waals surface area contributed by atoms with Crippen molar-refractivity contribution >= 4 is 18.2 Å². The first-order valence-corrected chi connectivity index (χ1v) is 10.1. The number of nitrogens with zero attached hydrogens (tertiary/aromatic N) is 3. The van der Waals surface area contributed by atoms with Crippen LogP contribution in [0.4, 0.5) is 18.8 Å². The highest BCUT2D eigenvalue weighted by atomic mass is 19.1. The lowest BCUT2D eigenvalue weighted by atomic mass is 10.1. The van der Waals surface area contributed by atoms with E-state index in [2.05, 4.69) is 5.32 Å². The van der Waals surface area contributed by atoms with Gasteiger partial charge in [0, 0.05) is 49.9 Å². The van der Waals surface area contributed by atoms with Crippen LogP contribution in [-0.2, 0) is 19.6 Å². The van der Waals surface area contributed by atoms with Crippen molar-refractivity contribution in [3.8, 4) is 11.5 Å². The predicted molar refractivity (Wildman–Crippen MR) is 112 cm³/mol. The molecule has 2 aliphatic heterocycles. The van der Waals surface area contributed by atoms with Crippen LogP contribution in [0.5, 0.6) is 11.5 Å². The Bertz CT molecular complexity index is 1070. The van der Waals surface area contributed by atoms with E-state index in [0.717, 1.165) is 0 Å². The molecule has 1 fully saturated rings. The molecule has 1 N–H and O–H groups in total. The van der Waals surface area contributed by atoms with Crippen LogP contribution in [0.15, 0.2) is 36.4 Å². The molecule has 10 heteroatoms. The number of amides is 4. The van der Waals surface area contributed by atoms with Crippen molar-refractivity contribution in [3.63, 3.8) is 0 Å². The van der Waals surface area contributed by atoms with E-state index in [1.165, 1.54) is 20.8 Å². The highest BCUT2D eigenvalue weighted by Gasteiger charge is 2.27. The number of hydrogen-bond donors (Lipinski definition) is 1. The summed E-state index contributed by atoms with van der Waals surface area (Å²) in [6.45, 7) is 1.45. The van der Waals surface area contributed by atoms with Gasteiger partial charge in [0.15, 0.2) is 0 Å². The van der Waals surface area contributed by atoms with E-state index >= 15 is 4.39 Å². The molecule has 168 valence electrons. The molecule has 2 aromatic rings. The zero-order valence-corrected chi connectivity index (χ0v) is 17.8. The van der Waals surface area contributed by atoms with Gasteiger partial charge < -0.3 is 24.6 Å². The van der Waals surface area contributed by atoms with Crippen molar-refractivity contribution in [3.05, 3.63) is 58.9 Å². The van der Waals surface area contributed by atoms with Crippen LogP contribution in [0.1, 0.15) is 16.7 Å². The average Bonchev–Trinajstić information content (AvgIpc) is 3.15. The summed E-state index contributed by atoms with van der Waals surface area (Å²) in [6, 6.07) is 9.51. The molecule has 4 rings (SSSR count). The number of carbonyl (C=O) groups is 3. The number of halogens is 1. The molecule has 0 spiro atoms. The molecule has 9 nitrogen and oxygen atoms in total. The zero-order chi connectivity index (χ0) is 22.8. The number of carbonyl (C=O) groups excluding carboxylic acids is 3. The van der Waals surface area contributed by atoms with Crippen LogP contribution in [0.2, 0.25) is 0 Å². The highest BCUT2D eigenvalue weighted by Crippen LogP contribution is 2.31. The molecular formula is C22H23FN4O5. The second-order valence-corrected chi connectivity index (χ2v) is 7.80. The molecule has 2 heterocycles. The normalized spacial score (nSPS) is 15.2. The number of urea groups is 1. The third-order valence-corrected chi connectivity index (χ3v) is 5.25. The first kappa shape index (κ1) is 21.4. The minimum Gasteiger partial charge on any atom is -0.410 e. The number of hydrogen-bond acceptors (Lipinski definition) is 5. The van der Waals surface area contributed by atoms with Crippen molar-refractivity contribution in [2.75, 3.05) is 27.2 Å². The monoisotopic (exact) mass is 442 g/mol. The van der Waals surface area contributed by atoms with Crippen LogP contribution in [0.3, 0.4) is 0 Å². The van der Waals surface area contributed by atoms with Gasteiger partial charge in [-0.2, -0.15) is 0 Å². The first-order valence-electron chi connectivity index (χ1n) is 10.1. The van der Waals surface area contributed by atoms with Gasteiger partial charge in [-0.3, -0.25) is 4.90 Å². The Morgan fingerprint density at radius 2 is 1.88 bits per heavy atom. The maximum absolute atomic E-state index is 15.1. The van der Waals surface area contributed by atoms with E-state index in [4.69, 9.17) is 9.47 Å². The molecule has 0 saturated carbocycles. The van der Waals surface area contributed by atoms with Crippen LogP contribution in [-0.4, -0.2) is 60.1 Å². The quantitative estimate of drug-likeness (QED) is 0.769. The lowest BCUT2D eigenvalue weighted by Gasteiger charge is -2.28. The van der Waals surface area contributed by atoms with Crippen molar-refractivity contribution in [2.24, 2.45) is 0 Å². The number of ether oxygens (including phenoxy) is 2. The maximum atomic E-state index is 15.1. The molecule has 4 amide bonds. The molecular weight excluding hydrogens is 419 g/mol. The largest absolute Gasteiger partial charge is 0.415 e. The Hall–Kier alpha value is -3.82. The number of nitrogens with one attached hydrogen (secondary N) is 1. The van der Waals surface area contributed by atoms with E-state index in [0.29, 0.717) is 35.5 Å². The zero-order valence-electron chi connectivity index (χ0n) is 17.8. The van der Waals surface area contributed by atoms with Crippen molar-refractivity contribution in [1.82, 2.24) is 20.0 Å². The molecule has 0 unspecified atom stereocenters. The van der Waals surface area contributed by atoms with Gasteiger partial charge in [-0.1, -0.05) is 18.2 Å². The maximum Gasteiger partial charge on any atom is 0.415 e. The Morgan fingerprint density at radius 1 is 1.16 bits per heavy atom. The van der Waals surface area contributed by atoms with Gasteiger partial charge in [-0.25, -0.2) is 18.8 Å². The van der Waals surface area contributed by atoms with Gasteiger partial charge in [-0.15, -0.1) is 0 Å². The third-order valence-electron chi connectivity index (χ3n) is 5.25. The summed E-state index contributed by atoms with van der Waals surface area (Å²) in [5.41, 5.74) is 1.43. The van der Waals surface area contributed by atoms with Gasteiger partial charge in [0.2, 0.25) is 0 Å². The van der Waals surface area contributed by atoms with Crippen molar-refractivity contribution in [1.29, 1.82) is 0 Å². The van der Waals surface area contributed by atoms with Gasteiger partial charge in [0.25, 0.3) is 0 Å². The number of benzene rings is 2. The molecule has 1 saturated heterocycles. The van der Waals surface area contributed by atoms with E-state index in [1.54, 1.807) is 44.4 Å². The smallest absolute Gasteiger partial charge is 0.410 e. The predicted octanol–water partition coefficient (Wildman–Crippen LogP) is 2.93. The lowest BCUT2D eigenvalue weighted by molar-refractivity contribution is 0.134. The minimum atomic E-state index is -0.627. The van der Waals surface area contributed by atoms with E-state index in [9.17, 15) is 14.4 Å². The van der Waals surface area contributed by atoms with Gasteiger partial charge >= 0.3 is 18.2 Å². The summed E-state index contributed by atoms with van der Waals surface area (Å²) >= 11 is 0. The summed E-state index contributed by atoms with van der Waals surface area (Å²) in [4.78, 5) is 40.2. The third kappa shape index (κ3) is 4.43. The van der Waals surface area contributed by atoms with Crippen molar-refractivity contribution in [2.45, 2.75) is 19.6 Å². The summed E-state index contributed by atoms with van der Waals surface area (Å²) in [7, 11) is 3.12. The van der Waals surface area contributed by atoms with Crippen LogP contribution >= 0.6 is 0 Å². The van der Waals surface area contributed by atoms with Gasteiger partial charge in [0.1, 0.15) is 17.3 Å². The van der Waals surface area contributed by atoms with Crippen LogP contribution in [0.25, 0.3) is 0 Å². The molecule has 0 bridgehead atoms. The molecule has 2 aliphatic rings. The highest BCUT2D eigenvalue weighted by molar-refractivity contribution is 5.76. The standard InChI is InChI=1S/C22H23FN4O5/c1-25(2)21(29)31-17-7-6-14-11-27(22(30)32-18(14)10-17)13-16-5-3-4-15(19(16)23)12-26-9-8-24-20(26)28/h3-7,10H,8-9,11-13H2,1-2H3,(H,24,28). The summed E-state index contributed by atoms with van der Waals surface area (Å²) in [6.07, 6.45) is -1.17. The molecule has 0 aromatic heterocycles. The van der Waals surface area contributed by atoms with Gasteiger partial charge in [-0.05, 0) is 12.1 Å². The van der Waals surface area contributed by atoms with Gasteiger partial charge in [0.05, 0.1) is 19.6 Å².